The van der Waals surface area contributed by atoms with Gasteiger partial charge < -0.3 is 4.74 Å². The molecule has 0 saturated heterocycles. The minimum atomic E-state index is -0.866. The number of allylic oxidation sites excluding steroid dienone is 1. The maximum Gasteiger partial charge on any atom is 0.332 e. The zero-order valence-electron chi connectivity index (χ0n) is 19.1. The lowest BCUT2D eigenvalue weighted by atomic mass is 9.81. The molecule has 35 heavy (non-hydrogen) atoms. The van der Waals surface area contributed by atoms with Crippen LogP contribution in [0.4, 0.5) is 11.5 Å². The number of aliphatic imine (C=N–C) groups is 1. The van der Waals surface area contributed by atoms with Crippen molar-refractivity contribution >= 4 is 28.9 Å². The second-order valence-electron chi connectivity index (χ2n) is 8.30. The van der Waals surface area contributed by atoms with Crippen molar-refractivity contribution in [3.63, 3.8) is 0 Å². The third kappa shape index (κ3) is 3.25. The van der Waals surface area contributed by atoms with Gasteiger partial charge in [0.05, 0.1) is 16.2 Å². The Morgan fingerprint density at radius 1 is 1.09 bits per heavy atom. The van der Waals surface area contributed by atoms with E-state index in [1.807, 2.05) is 12.1 Å². The number of nitro benzene ring substituents is 1. The van der Waals surface area contributed by atoms with Crippen molar-refractivity contribution in [2.75, 3.05) is 0 Å². The van der Waals surface area contributed by atoms with Crippen LogP contribution >= 0.6 is 0 Å². The SMILES string of the molecule is CCC(=O)OC1=C2C(=Nc3c(c(=O)n(C)c(=O)n3C)C2c2cccc([N+](=O)[O-])c2)c2ccccc21. The predicted molar refractivity (Wildman–Crippen MR) is 128 cm³/mol. The maximum atomic E-state index is 13.5. The van der Waals surface area contributed by atoms with Gasteiger partial charge in [0.1, 0.15) is 11.6 Å². The van der Waals surface area contributed by atoms with Gasteiger partial charge in [-0.05, 0) is 5.56 Å². The van der Waals surface area contributed by atoms with Gasteiger partial charge in [0.2, 0.25) is 0 Å². The number of carbonyl (C=O) groups is 1. The fourth-order valence-corrected chi connectivity index (χ4v) is 4.62. The Balaban J connectivity index is 1.94. The third-order valence-electron chi connectivity index (χ3n) is 6.31. The summed E-state index contributed by atoms with van der Waals surface area (Å²) in [5.74, 6) is -0.925. The smallest absolute Gasteiger partial charge is 0.332 e. The molecule has 2 heterocycles. The summed E-state index contributed by atoms with van der Waals surface area (Å²) >= 11 is 0. The van der Waals surface area contributed by atoms with Crippen LogP contribution in [0.15, 0.2) is 68.7 Å². The lowest BCUT2D eigenvalue weighted by Gasteiger charge is -2.27. The molecule has 1 atom stereocenters. The Morgan fingerprint density at radius 3 is 2.49 bits per heavy atom. The minimum absolute atomic E-state index is 0.125. The van der Waals surface area contributed by atoms with E-state index in [4.69, 9.17) is 9.73 Å². The fourth-order valence-electron chi connectivity index (χ4n) is 4.62. The highest BCUT2D eigenvalue weighted by Crippen LogP contribution is 2.49. The molecular formula is C25H20N4O6. The van der Waals surface area contributed by atoms with E-state index in [1.165, 1.54) is 36.9 Å². The molecule has 3 aromatic rings. The number of aromatic nitrogens is 2. The topological polar surface area (TPSA) is 126 Å². The van der Waals surface area contributed by atoms with Gasteiger partial charge in [-0.3, -0.25) is 28.8 Å². The average molecular weight is 472 g/mol. The Hall–Kier alpha value is -4.60. The van der Waals surface area contributed by atoms with Crippen molar-refractivity contribution < 1.29 is 14.5 Å². The summed E-state index contributed by atoms with van der Waals surface area (Å²) in [5.41, 5.74) is 1.53. The molecule has 0 radical (unpaired) electrons. The highest BCUT2D eigenvalue weighted by molar-refractivity contribution is 6.25. The van der Waals surface area contributed by atoms with Gasteiger partial charge >= 0.3 is 11.7 Å². The van der Waals surface area contributed by atoms with E-state index in [1.54, 1.807) is 25.1 Å². The fraction of sp³-hybridized carbons (Fsp3) is 0.200. The second kappa shape index (κ2) is 8.01. The first-order chi connectivity index (χ1) is 16.7. The van der Waals surface area contributed by atoms with E-state index < -0.39 is 28.1 Å². The third-order valence-corrected chi connectivity index (χ3v) is 6.31. The molecule has 5 rings (SSSR count). The molecule has 2 aromatic carbocycles. The highest BCUT2D eigenvalue weighted by atomic mass is 16.6. The minimum Gasteiger partial charge on any atom is -0.425 e. The standard InChI is InChI=1S/C25H20N4O6/c1-4-17(30)35-22-16-11-6-5-10-15(16)21-19(22)18(13-8-7-9-14(12-13)29(33)34)20-23(26-21)27(2)25(32)28(3)24(20)31/h5-12,18H,4H2,1-3H3. The van der Waals surface area contributed by atoms with Gasteiger partial charge in [0.25, 0.3) is 11.2 Å². The molecule has 0 fully saturated rings. The van der Waals surface area contributed by atoms with E-state index in [2.05, 4.69) is 0 Å². The van der Waals surface area contributed by atoms with Crippen molar-refractivity contribution in [2.24, 2.45) is 19.1 Å². The molecular weight excluding hydrogens is 452 g/mol. The molecule has 1 aliphatic heterocycles. The average Bonchev–Trinajstić information content (AvgIpc) is 3.18. The van der Waals surface area contributed by atoms with Crippen LogP contribution in [0, 0.1) is 10.1 Å². The number of nitrogens with zero attached hydrogens (tertiary/aromatic N) is 4. The molecule has 176 valence electrons. The lowest BCUT2D eigenvalue weighted by molar-refractivity contribution is -0.384. The summed E-state index contributed by atoms with van der Waals surface area (Å²) in [5, 5.41) is 11.5. The number of nitro groups is 1. The van der Waals surface area contributed by atoms with E-state index in [0.29, 0.717) is 28.0 Å². The first-order valence-electron chi connectivity index (χ1n) is 10.9. The van der Waals surface area contributed by atoms with Gasteiger partial charge in [-0.25, -0.2) is 9.79 Å². The van der Waals surface area contributed by atoms with Gasteiger partial charge in [-0.1, -0.05) is 43.3 Å². The normalized spacial score (nSPS) is 15.7. The van der Waals surface area contributed by atoms with Crippen LogP contribution < -0.4 is 11.2 Å². The largest absolute Gasteiger partial charge is 0.425 e. The first-order valence-corrected chi connectivity index (χ1v) is 10.9. The summed E-state index contributed by atoms with van der Waals surface area (Å²) in [4.78, 5) is 54.3. The molecule has 0 spiro atoms. The molecule has 2 aliphatic rings. The lowest BCUT2D eigenvalue weighted by Crippen LogP contribution is -2.41. The number of benzene rings is 2. The molecule has 0 amide bonds. The monoisotopic (exact) mass is 472 g/mol. The summed E-state index contributed by atoms with van der Waals surface area (Å²) in [6, 6.07) is 13.2. The molecule has 0 bridgehead atoms. The molecule has 1 aromatic heterocycles. The van der Waals surface area contributed by atoms with E-state index in [-0.39, 0.29) is 29.2 Å². The van der Waals surface area contributed by atoms with Gasteiger partial charge in [-0.15, -0.1) is 0 Å². The number of rotatable bonds is 4. The molecule has 1 aliphatic carbocycles. The van der Waals surface area contributed by atoms with Crippen molar-refractivity contribution in [2.45, 2.75) is 19.3 Å². The molecule has 1 unspecified atom stereocenters. The molecule has 10 heteroatoms. The summed E-state index contributed by atoms with van der Waals surface area (Å²) in [6.45, 7) is 1.67. The second-order valence-corrected chi connectivity index (χ2v) is 8.30. The van der Waals surface area contributed by atoms with E-state index >= 15 is 0 Å². The van der Waals surface area contributed by atoms with Crippen LogP contribution in [0.1, 0.15) is 41.5 Å². The number of carbonyl (C=O) groups excluding carboxylic acids is 1. The van der Waals surface area contributed by atoms with Gasteiger partial charge in [0.15, 0.2) is 0 Å². The van der Waals surface area contributed by atoms with E-state index in [9.17, 15) is 24.5 Å². The van der Waals surface area contributed by atoms with Gasteiger partial charge in [0, 0.05) is 55.3 Å². The first kappa shape index (κ1) is 22.2. The number of fused-ring (bicyclic) bond motifs is 4. The van der Waals surface area contributed by atoms with E-state index in [0.717, 1.165) is 4.57 Å². The van der Waals surface area contributed by atoms with Crippen molar-refractivity contribution in [3.05, 3.63) is 107 Å². The summed E-state index contributed by atoms with van der Waals surface area (Å²) < 4.78 is 8.03. The van der Waals surface area contributed by atoms with Crippen LogP contribution in [0.5, 0.6) is 0 Å². The molecule has 0 saturated carbocycles. The number of ether oxygens (including phenoxy) is 1. The van der Waals surface area contributed by atoms with Crippen LogP contribution in [-0.4, -0.2) is 25.7 Å². The predicted octanol–water partition coefficient (Wildman–Crippen LogP) is 2.94. The van der Waals surface area contributed by atoms with Crippen molar-refractivity contribution in [3.8, 4) is 0 Å². The number of non-ortho nitro benzene ring substituents is 1. The van der Waals surface area contributed by atoms with Crippen molar-refractivity contribution in [1.82, 2.24) is 9.13 Å². The number of hydrogen-bond acceptors (Lipinski definition) is 7. The Morgan fingerprint density at radius 2 is 1.80 bits per heavy atom. The Bertz CT molecular complexity index is 1630. The number of esters is 1. The molecule has 0 N–H and O–H groups in total. The van der Waals surface area contributed by atoms with Crippen molar-refractivity contribution in [1.29, 1.82) is 0 Å². The van der Waals surface area contributed by atoms with Crippen LogP contribution in [0.3, 0.4) is 0 Å². The maximum absolute atomic E-state index is 13.5. The summed E-state index contributed by atoms with van der Waals surface area (Å²) in [6.07, 6.45) is 0.125. The Labute approximate surface area is 198 Å². The Kier molecular flexibility index (Phi) is 5.08. The van der Waals surface area contributed by atoms with Crippen LogP contribution in [0.25, 0.3) is 5.76 Å². The number of hydrogen-bond donors (Lipinski definition) is 0. The summed E-state index contributed by atoms with van der Waals surface area (Å²) in [7, 11) is 2.88. The van der Waals surface area contributed by atoms with Gasteiger partial charge in [-0.2, -0.15) is 0 Å². The highest BCUT2D eigenvalue weighted by Gasteiger charge is 2.42. The van der Waals surface area contributed by atoms with Crippen LogP contribution in [0.2, 0.25) is 0 Å². The zero-order chi connectivity index (χ0) is 25.0. The molecule has 10 nitrogen and oxygen atoms in total. The zero-order valence-corrected chi connectivity index (χ0v) is 19.1. The van der Waals surface area contributed by atoms with Crippen LogP contribution in [-0.2, 0) is 23.6 Å². The quantitative estimate of drug-likeness (QED) is 0.327.